The highest BCUT2D eigenvalue weighted by Gasteiger charge is 2.20. The Balaban J connectivity index is 2.03. The molecular weight excluding hydrogens is 397 g/mol. The molecule has 4 aromatic rings. The lowest BCUT2D eigenvalue weighted by atomic mass is 9.97. The van der Waals surface area contributed by atoms with Crippen molar-refractivity contribution in [1.82, 2.24) is 14.3 Å². The third kappa shape index (κ3) is 2.86. The summed E-state index contributed by atoms with van der Waals surface area (Å²) in [6, 6.07) is 7.17. The smallest absolute Gasteiger partial charge is 0.259 e. The van der Waals surface area contributed by atoms with E-state index in [4.69, 9.17) is 5.73 Å². The molecule has 9 heteroatoms. The zero-order valence-electron chi connectivity index (χ0n) is 15.9. The predicted molar refractivity (Wildman–Crippen MR) is 105 cm³/mol. The number of aromatic nitrogens is 3. The van der Waals surface area contributed by atoms with Crippen molar-refractivity contribution in [2.24, 2.45) is 12.8 Å². The lowest BCUT2D eigenvalue weighted by molar-refractivity contribution is 0.1000. The summed E-state index contributed by atoms with van der Waals surface area (Å²) in [5, 5.41) is 4.43. The van der Waals surface area contributed by atoms with Crippen LogP contribution in [0.1, 0.15) is 15.9 Å². The first-order chi connectivity index (χ1) is 14.2. The summed E-state index contributed by atoms with van der Waals surface area (Å²) in [5.41, 5.74) is 4.78. The number of nitrogens with zero attached hydrogens (tertiary/aromatic N) is 3. The molecule has 0 spiro atoms. The number of carbonyl (C=O) groups excluding carboxylic acids is 1. The van der Waals surface area contributed by atoms with Crippen molar-refractivity contribution < 1.29 is 18.0 Å². The fraction of sp³-hybridized carbons (Fsp3) is 0.0952. The highest BCUT2D eigenvalue weighted by Crippen LogP contribution is 2.28. The zero-order chi connectivity index (χ0) is 21.7. The molecule has 0 fully saturated rings. The van der Waals surface area contributed by atoms with Gasteiger partial charge in [-0.15, -0.1) is 0 Å². The van der Waals surface area contributed by atoms with Crippen molar-refractivity contribution in [2.45, 2.75) is 6.92 Å². The van der Waals surface area contributed by atoms with Gasteiger partial charge in [0.15, 0.2) is 11.6 Å². The second-order valence-electron chi connectivity index (χ2n) is 6.82. The monoisotopic (exact) mass is 412 g/mol. The van der Waals surface area contributed by atoms with Crippen LogP contribution in [0.25, 0.3) is 27.8 Å². The molecule has 2 heterocycles. The van der Waals surface area contributed by atoms with E-state index in [1.807, 2.05) is 0 Å². The minimum Gasteiger partial charge on any atom is -0.366 e. The fourth-order valence-electron chi connectivity index (χ4n) is 3.44. The topological polar surface area (TPSA) is 82.9 Å². The number of nitrogens with two attached hydrogens (primary N) is 1. The first-order valence-corrected chi connectivity index (χ1v) is 8.83. The van der Waals surface area contributed by atoms with Gasteiger partial charge >= 0.3 is 0 Å². The summed E-state index contributed by atoms with van der Waals surface area (Å²) in [6.07, 6.45) is 1.34. The molecule has 2 aromatic carbocycles. The van der Waals surface area contributed by atoms with Crippen molar-refractivity contribution in [3.05, 3.63) is 81.5 Å². The number of halogens is 3. The maximum atomic E-state index is 14.3. The Hall–Kier alpha value is -3.88. The Bertz CT molecular complexity index is 1390. The van der Waals surface area contributed by atoms with E-state index >= 15 is 0 Å². The molecule has 2 aromatic heterocycles. The van der Waals surface area contributed by atoms with Crippen LogP contribution in [-0.4, -0.2) is 20.3 Å². The summed E-state index contributed by atoms with van der Waals surface area (Å²) < 4.78 is 45.0. The summed E-state index contributed by atoms with van der Waals surface area (Å²) in [4.78, 5) is 24.6. The number of para-hydroxylation sites is 1. The first kappa shape index (κ1) is 19.4. The van der Waals surface area contributed by atoms with Crippen LogP contribution >= 0.6 is 0 Å². The molecule has 0 unspecified atom stereocenters. The molecule has 1 amide bonds. The molecule has 0 atom stereocenters. The van der Waals surface area contributed by atoms with E-state index in [2.05, 4.69) is 5.10 Å². The molecule has 30 heavy (non-hydrogen) atoms. The van der Waals surface area contributed by atoms with Crippen LogP contribution in [0.2, 0.25) is 0 Å². The molecule has 0 aliphatic heterocycles. The third-order valence-electron chi connectivity index (χ3n) is 4.99. The van der Waals surface area contributed by atoms with Crippen molar-refractivity contribution in [2.75, 3.05) is 0 Å². The molecule has 2 N–H and O–H groups in total. The van der Waals surface area contributed by atoms with Crippen molar-refractivity contribution in [3.63, 3.8) is 0 Å². The van der Waals surface area contributed by atoms with Gasteiger partial charge in [-0.2, -0.15) is 5.10 Å². The molecule has 0 saturated carbocycles. The average molecular weight is 412 g/mol. The van der Waals surface area contributed by atoms with Crippen LogP contribution in [0.4, 0.5) is 13.2 Å². The SMILES string of the molecule is Cc1c(F)cc(C(N)=O)cc1-c1cc2cnn(-c3c(F)cccc3F)c2n(C)c1=O. The van der Waals surface area contributed by atoms with Gasteiger partial charge in [0.1, 0.15) is 17.2 Å². The van der Waals surface area contributed by atoms with Gasteiger partial charge in [0.2, 0.25) is 5.91 Å². The molecule has 0 bridgehead atoms. The summed E-state index contributed by atoms with van der Waals surface area (Å²) in [5.74, 6) is -3.21. The summed E-state index contributed by atoms with van der Waals surface area (Å²) in [6.45, 7) is 1.47. The third-order valence-corrected chi connectivity index (χ3v) is 4.99. The Morgan fingerprint density at radius 1 is 1.03 bits per heavy atom. The number of hydrogen-bond acceptors (Lipinski definition) is 3. The molecule has 6 nitrogen and oxygen atoms in total. The highest BCUT2D eigenvalue weighted by atomic mass is 19.1. The number of aryl methyl sites for hydroxylation is 1. The van der Waals surface area contributed by atoms with Gasteiger partial charge in [-0.25, -0.2) is 17.9 Å². The van der Waals surface area contributed by atoms with Gasteiger partial charge in [0, 0.05) is 23.6 Å². The second kappa shape index (κ2) is 6.87. The van der Waals surface area contributed by atoms with Gasteiger partial charge in [-0.3, -0.25) is 14.2 Å². The second-order valence-corrected chi connectivity index (χ2v) is 6.82. The number of pyridine rings is 1. The number of primary amides is 1. The van der Waals surface area contributed by atoms with Crippen LogP contribution in [0.3, 0.4) is 0 Å². The Morgan fingerprint density at radius 2 is 1.70 bits per heavy atom. The van der Waals surface area contributed by atoms with Gasteiger partial charge < -0.3 is 5.73 Å². The van der Waals surface area contributed by atoms with Crippen LogP contribution in [0.5, 0.6) is 0 Å². The molecule has 0 aliphatic carbocycles. The maximum Gasteiger partial charge on any atom is 0.259 e. The normalized spacial score (nSPS) is 11.2. The van der Waals surface area contributed by atoms with Gasteiger partial charge in [0.25, 0.3) is 5.56 Å². The fourth-order valence-corrected chi connectivity index (χ4v) is 3.44. The van der Waals surface area contributed by atoms with Crippen LogP contribution in [0, 0.1) is 24.4 Å². The zero-order valence-corrected chi connectivity index (χ0v) is 15.9. The van der Waals surface area contributed by atoms with Gasteiger partial charge in [-0.05, 0) is 48.4 Å². The molecule has 152 valence electrons. The Labute approximate surface area is 168 Å². The van der Waals surface area contributed by atoms with Crippen molar-refractivity contribution in [3.8, 4) is 16.8 Å². The molecule has 0 aliphatic rings. The Kier molecular flexibility index (Phi) is 4.45. The van der Waals surface area contributed by atoms with E-state index in [0.29, 0.717) is 5.39 Å². The van der Waals surface area contributed by atoms with Crippen LogP contribution in [0.15, 0.2) is 47.4 Å². The largest absolute Gasteiger partial charge is 0.366 e. The van der Waals surface area contributed by atoms with Crippen LogP contribution < -0.4 is 11.3 Å². The number of hydrogen-bond donors (Lipinski definition) is 1. The van der Waals surface area contributed by atoms with E-state index in [9.17, 15) is 22.8 Å². The summed E-state index contributed by atoms with van der Waals surface area (Å²) >= 11 is 0. The number of rotatable bonds is 3. The molecule has 4 rings (SSSR count). The van der Waals surface area contributed by atoms with E-state index in [-0.39, 0.29) is 27.9 Å². The predicted octanol–water partition coefficient (Wildman–Crippen LogP) is 3.22. The molecule has 0 radical (unpaired) electrons. The van der Waals surface area contributed by atoms with Crippen molar-refractivity contribution >= 4 is 16.9 Å². The van der Waals surface area contributed by atoms with E-state index in [1.54, 1.807) is 0 Å². The summed E-state index contributed by atoms with van der Waals surface area (Å²) in [7, 11) is 1.41. The minimum atomic E-state index is -0.844. The number of amides is 1. The first-order valence-electron chi connectivity index (χ1n) is 8.83. The van der Waals surface area contributed by atoms with Crippen molar-refractivity contribution in [1.29, 1.82) is 0 Å². The maximum absolute atomic E-state index is 14.3. The molecular formula is C21H15F3N4O2. The standard InChI is InChI=1S/C21H15F3N4O2/c1-10-13(6-11(19(25)29)8-17(10)24)14-7-12-9-26-28(20(12)27(2)21(14)30)18-15(22)4-3-5-16(18)23/h3-9H,1-2H3,(H2,25,29). The quantitative estimate of drug-likeness (QED) is 0.561. The number of fused-ring (bicyclic) bond motifs is 1. The molecule has 0 saturated heterocycles. The van der Waals surface area contributed by atoms with E-state index in [1.165, 1.54) is 38.4 Å². The minimum absolute atomic E-state index is 0.0839. The Morgan fingerprint density at radius 3 is 2.33 bits per heavy atom. The number of benzene rings is 2. The van der Waals surface area contributed by atoms with E-state index < -0.39 is 34.6 Å². The van der Waals surface area contributed by atoms with Gasteiger partial charge in [-0.1, -0.05) is 6.07 Å². The average Bonchev–Trinajstić information content (AvgIpc) is 3.10. The van der Waals surface area contributed by atoms with E-state index in [0.717, 1.165) is 27.4 Å². The highest BCUT2D eigenvalue weighted by molar-refractivity contribution is 5.95. The van der Waals surface area contributed by atoms with Gasteiger partial charge in [0.05, 0.1) is 6.20 Å². The van der Waals surface area contributed by atoms with Crippen LogP contribution in [-0.2, 0) is 7.05 Å². The lowest BCUT2D eigenvalue weighted by Gasteiger charge is -2.13. The lowest BCUT2D eigenvalue weighted by Crippen LogP contribution is -2.22. The number of carbonyl (C=O) groups is 1.